The summed E-state index contributed by atoms with van der Waals surface area (Å²) in [5.74, 6) is -0.445. The van der Waals surface area contributed by atoms with Crippen molar-refractivity contribution in [2.45, 2.75) is 0 Å². The number of aromatic nitrogens is 1. The van der Waals surface area contributed by atoms with Gasteiger partial charge in [0.15, 0.2) is 6.29 Å². The molecule has 0 bridgehead atoms. The zero-order valence-electron chi connectivity index (χ0n) is 7.85. The molecule has 0 atom stereocenters. The summed E-state index contributed by atoms with van der Waals surface area (Å²) in [6.45, 7) is 0. The molecular weight excluding hydrogens is 193 g/mol. The summed E-state index contributed by atoms with van der Waals surface area (Å²) in [6.07, 6.45) is 1.66. The van der Waals surface area contributed by atoms with E-state index in [1.54, 1.807) is 0 Å². The predicted molar refractivity (Wildman–Crippen MR) is 55.0 cm³/mol. The highest BCUT2D eigenvalue weighted by Gasteiger charge is 2.06. The van der Waals surface area contributed by atoms with Gasteiger partial charge in [-0.3, -0.25) is 4.79 Å². The molecule has 15 heavy (non-hydrogen) atoms. The summed E-state index contributed by atoms with van der Waals surface area (Å²) >= 11 is 0. The normalized spacial score (nSPS) is 9.93. The molecule has 0 saturated carbocycles. The average Bonchev–Trinajstić information content (AvgIpc) is 2.30. The Balaban J connectivity index is 2.61. The third kappa shape index (κ3) is 1.91. The standard InChI is InChI=1S/C12H8FNO/c13-10-6-11(12(8-15)14-7-10)9-4-2-1-3-5-9/h1-8H. The van der Waals surface area contributed by atoms with E-state index in [2.05, 4.69) is 4.98 Å². The van der Waals surface area contributed by atoms with Crippen molar-refractivity contribution in [3.63, 3.8) is 0 Å². The Bertz CT molecular complexity index is 482. The van der Waals surface area contributed by atoms with Crippen molar-refractivity contribution in [2.75, 3.05) is 0 Å². The van der Waals surface area contributed by atoms with E-state index in [0.717, 1.165) is 11.8 Å². The van der Waals surface area contributed by atoms with Gasteiger partial charge >= 0.3 is 0 Å². The second-order valence-corrected chi connectivity index (χ2v) is 3.07. The molecule has 74 valence electrons. The summed E-state index contributed by atoms with van der Waals surface area (Å²) in [4.78, 5) is 14.5. The Hall–Kier alpha value is -2.03. The number of hydrogen-bond donors (Lipinski definition) is 0. The van der Waals surface area contributed by atoms with Crippen molar-refractivity contribution in [1.82, 2.24) is 4.98 Å². The summed E-state index contributed by atoms with van der Waals surface area (Å²) < 4.78 is 13.0. The van der Waals surface area contributed by atoms with Gasteiger partial charge in [-0.1, -0.05) is 30.3 Å². The van der Waals surface area contributed by atoms with E-state index >= 15 is 0 Å². The van der Waals surface area contributed by atoms with Gasteiger partial charge in [-0.15, -0.1) is 0 Å². The van der Waals surface area contributed by atoms with Gasteiger partial charge in [-0.2, -0.15) is 0 Å². The van der Waals surface area contributed by atoms with Crippen molar-refractivity contribution in [1.29, 1.82) is 0 Å². The van der Waals surface area contributed by atoms with Gasteiger partial charge in [0.1, 0.15) is 11.5 Å². The SMILES string of the molecule is O=Cc1ncc(F)cc1-c1ccccc1. The lowest BCUT2D eigenvalue weighted by molar-refractivity contribution is 0.111. The number of carbonyl (C=O) groups excluding carboxylic acids is 1. The number of aldehydes is 1. The molecule has 0 aliphatic rings. The summed E-state index contributed by atoms with van der Waals surface area (Å²) in [6, 6.07) is 10.4. The maximum atomic E-state index is 13.0. The summed E-state index contributed by atoms with van der Waals surface area (Å²) in [5, 5.41) is 0. The third-order valence-corrected chi connectivity index (χ3v) is 2.08. The number of pyridine rings is 1. The fourth-order valence-corrected chi connectivity index (χ4v) is 1.39. The van der Waals surface area contributed by atoms with Crippen LogP contribution in [0.5, 0.6) is 0 Å². The predicted octanol–water partition coefficient (Wildman–Crippen LogP) is 2.70. The molecule has 0 spiro atoms. The smallest absolute Gasteiger partial charge is 0.169 e. The topological polar surface area (TPSA) is 30.0 Å². The molecule has 1 heterocycles. The van der Waals surface area contributed by atoms with Crippen LogP contribution in [0.25, 0.3) is 11.1 Å². The minimum Gasteiger partial charge on any atom is -0.296 e. The fourth-order valence-electron chi connectivity index (χ4n) is 1.39. The van der Waals surface area contributed by atoms with Crippen molar-refractivity contribution in [3.8, 4) is 11.1 Å². The minimum atomic E-state index is -0.445. The molecule has 1 aromatic carbocycles. The number of rotatable bonds is 2. The molecule has 3 heteroatoms. The van der Waals surface area contributed by atoms with E-state index < -0.39 is 5.82 Å². The lowest BCUT2D eigenvalue weighted by Gasteiger charge is -2.03. The van der Waals surface area contributed by atoms with Crippen LogP contribution in [0, 0.1) is 5.82 Å². The first kappa shape index (κ1) is 9.52. The number of benzene rings is 1. The van der Waals surface area contributed by atoms with Gasteiger partial charge < -0.3 is 0 Å². The van der Waals surface area contributed by atoms with Crippen LogP contribution in [-0.2, 0) is 0 Å². The lowest BCUT2D eigenvalue weighted by atomic mass is 10.0. The minimum absolute atomic E-state index is 0.252. The molecule has 2 aromatic rings. The van der Waals surface area contributed by atoms with E-state index in [0.29, 0.717) is 11.8 Å². The zero-order valence-corrected chi connectivity index (χ0v) is 7.85. The first-order chi connectivity index (χ1) is 7.31. The molecule has 0 aliphatic carbocycles. The van der Waals surface area contributed by atoms with Crippen LogP contribution in [0.15, 0.2) is 42.6 Å². The Kier molecular flexibility index (Phi) is 2.54. The number of hydrogen-bond acceptors (Lipinski definition) is 2. The van der Waals surface area contributed by atoms with Crippen LogP contribution < -0.4 is 0 Å². The van der Waals surface area contributed by atoms with Gasteiger partial charge in [0.2, 0.25) is 0 Å². The molecule has 0 saturated heterocycles. The van der Waals surface area contributed by atoms with Crippen molar-refractivity contribution in [3.05, 3.63) is 54.1 Å². The van der Waals surface area contributed by atoms with Crippen LogP contribution in [0.1, 0.15) is 10.5 Å². The molecule has 0 amide bonds. The van der Waals surface area contributed by atoms with Crippen LogP contribution in [-0.4, -0.2) is 11.3 Å². The monoisotopic (exact) mass is 201 g/mol. The quantitative estimate of drug-likeness (QED) is 0.699. The van der Waals surface area contributed by atoms with Gasteiger partial charge in [0.05, 0.1) is 6.20 Å². The average molecular weight is 201 g/mol. The van der Waals surface area contributed by atoms with Crippen molar-refractivity contribution in [2.24, 2.45) is 0 Å². The molecule has 0 aliphatic heterocycles. The molecule has 0 radical (unpaired) electrons. The second-order valence-electron chi connectivity index (χ2n) is 3.07. The molecule has 0 N–H and O–H groups in total. The number of carbonyl (C=O) groups is 1. The Labute approximate surface area is 86.4 Å². The largest absolute Gasteiger partial charge is 0.296 e. The highest BCUT2D eigenvalue weighted by Crippen LogP contribution is 2.21. The maximum absolute atomic E-state index is 13.0. The van der Waals surface area contributed by atoms with Crippen LogP contribution >= 0.6 is 0 Å². The molecular formula is C12H8FNO. The van der Waals surface area contributed by atoms with E-state index in [9.17, 15) is 9.18 Å². The van der Waals surface area contributed by atoms with E-state index in [1.807, 2.05) is 30.3 Å². The maximum Gasteiger partial charge on any atom is 0.169 e. The van der Waals surface area contributed by atoms with Gasteiger partial charge in [0, 0.05) is 5.56 Å². The van der Waals surface area contributed by atoms with E-state index in [-0.39, 0.29) is 5.69 Å². The summed E-state index contributed by atoms with van der Waals surface area (Å²) in [5.41, 5.74) is 1.56. The highest BCUT2D eigenvalue weighted by molar-refractivity contribution is 5.84. The summed E-state index contributed by atoms with van der Waals surface area (Å²) in [7, 11) is 0. The molecule has 2 rings (SSSR count). The van der Waals surface area contributed by atoms with Crippen LogP contribution in [0.2, 0.25) is 0 Å². The molecule has 0 unspecified atom stereocenters. The second kappa shape index (κ2) is 4.00. The van der Waals surface area contributed by atoms with Gasteiger partial charge in [-0.25, -0.2) is 9.37 Å². The Morgan fingerprint density at radius 1 is 1.20 bits per heavy atom. The first-order valence-corrected chi connectivity index (χ1v) is 4.47. The lowest BCUT2D eigenvalue weighted by Crippen LogP contribution is -1.93. The van der Waals surface area contributed by atoms with Crippen LogP contribution in [0.4, 0.5) is 4.39 Å². The Morgan fingerprint density at radius 2 is 1.93 bits per heavy atom. The van der Waals surface area contributed by atoms with Gasteiger partial charge in [0.25, 0.3) is 0 Å². The zero-order chi connectivity index (χ0) is 10.7. The number of halogens is 1. The van der Waals surface area contributed by atoms with Crippen LogP contribution in [0.3, 0.4) is 0 Å². The van der Waals surface area contributed by atoms with Crippen molar-refractivity contribution < 1.29 is 9.18 Å². The van der Waals surface area contributed by atoms with E-state index in [4.69, 9.17) is 0 Å². The molecule has 2 nitrogen and oxygen atoms in total. The van der Waals surface area contributed by atoms with Gasteiger partial charge in [-0.05, 0) is 11.6 Å². The van der Waals surface area contributed by atoms with Crippen molar-refractivity contribution >= 4 is 6.29 Å². The van der Waals surface area contributed by atoms with E-state index in [1.165, 1.54) is 6.07 Å². The highest BCUT2D eigenvalue weighted by atomic mass is 19.1. The third-order valence-electron chi connectivity index (χ3n) is 2.08. The molecule has 1 aromatic heterocycles. The Morgan fingerprint density at radius 3 is 2.60 bits per heavy atom. The fraction of sp³-hybridized carbons (Fsp3) is 0. The first-order valence-electron chi connectivity index (χ1n) is 4.47. The molecule has 0 fully saturated rings. The number of nitrogens with zero attached hydrogens (tertiary/aromatic N) is 1.